The van der Waals surface area contributed by atoms with E-state index in [1.54, 1.807) is 11.8 Å². The first-order valence-corrected chi connectivity index (χ1v) is 7.14. The van der Waals surface area contributed by atoms with Crippen molar-refractivity contribution in [2.24, 2.45) is 5.92 Å². The van der Waals surface area contributed by atoms with Crippen molar-refractivity contribution in [3.8, 4) is 0 Å². The Labute approximate surface area is 116 Å². The van der Waals surface area contributed by atoms with E-state index in [0.717, 1.165) is 19.0 Å². The molecule has 0 bridgehead atoms. The Hall–Kier alpha value is -0.810. The van der Waals surface area contributed by atoms with Gasteiger partial charge >= 0.3 is 6.09 Å². The summed E-state index contributed by atoms with van der Waals surface area (Å²) in [5.74, 6) is 0.826. The van der Waals surface area contributed by atoms with Crippen molar-refractivity contribution in [3.63, 3.8) is 0 Å². The SMILES string of the molecule is CC(O)CN(CCNCC1CC1)C(=O)OC(C)(C)C. The molecule has 0 aliphatic heterocycles. The number of ether oxygens (including phenoxy) is 1. The number of rotatable bonds is 7. The van der Waals surface area contributed by atoms with Gasteiger partial charge in [0.15, 0.2) is 0 Å². The summed E-state index contributed by atoms with van der Waals surface area (Å²) in [6, 6.07) is 0. The number of nitrogens with zero attached hydrogens (tertiary/aromatic N) is 1. The van der Waals surface area contributed by atoms with Crippen LogP contribution < -0.4 is 5.32 Å². The zero-order valence-corrected chi connectivity index (χ0v) is 12.6. The van der Waals surface area contributed by atoms with Gasteiger partial charge < -0.3 is 20.1 Å². The van der Waals surface area contributed by atoms with Gasteiger partial charge in [-0.1, -0.05) is 0 Å². The number of aliphatic hydroxyl groups is 1. The topological polar surface area (TPSA) is 61.8 Å². The Morgan fingerprint density at radius 2 is 2.11 bits per heavy atom. The molecule has 1 atom stereocenters. The molecule has 0 saturated heterocycles. The summed E-state index contributed by atoms with van der Waals surface area (Å²) in [7, 11) is 0. The standard InChI is InChI=1S/C14H28N2O3/c1-11(17)10-16(13(18)19-14(2,3)4)8-7-15-9-12-5-6-12/h11-12,15,17H,5-10H2,1-4H3. The highest BCUT2D eigenvalue weighted by Gasteiger charge is 2.23. The fourth-order valence-electron chi connectivity index (χ4n) is 1.74. The summed E-state index contributed by atoms with van der Waals surface area (Å²) in [4.78, 5) is 13.6. The van der Waals surface area contributed by atoms with Crippen LogP contribution in [0, 0.1) is 5.92 Å². The van der Waals surface area contributed by atoms with Crippen LogP contribution >= 0.6 is 0 Å². The number of aliphatic hydroxyl groups excluding tert-OH is 1. The molecule has 5 heteroatoms. The van der Waals surface area contributed by atoms with Gasteiger partial charge in [0.1, 0.15) is 5.60 Å². The molecule has 2 N–H and O–H groups in total. The predicted octanol–water partition coefficient (Wildman–Crippen LogP) is 1.60. The smallest absolute Gasteiger partial charge is 0.410 e. The number of hydrogen-bond acceptors (Lipinski definition) is 4. The van der Waals surface area contributed by atoms with E-state index >= 15 is 0 Å². The Morgan fingerprint density at radius 1 is 1.47 bits per heavy atom. The van der Waals surface area contributed by atoms with Crippen LogP contribution in [0.15, 0.2) is 0 Å². The van der Waals surface area contributed by atoms with E-state index < -0.39 is 11.7 Å². The van der Waals surface area contributed by atoms with Crippen LogP contribution in [0.1, 0.15) is 40.5 Å². The minimum Gasteiger partial charge on any atom is -0.444 e. The molecule has 1 amide bonds. The lowest BCUT2D eigenvalue weighted by molar-refractivity contribution is 0.0164. The summed E-state index contributed by atoms with van der Waals surface area (Å²) in [6.07, 6.45) is 1.73. The molecule has 19 heavy (non-hydrogen) atoms. The molecule has 112 valence electrons. The third-order valence-corrected chi connectivity index (χ3v) is 2.82. The van der Waals surface area contributed by atoms with Crippen LogP contribution in [0.3, 0.4) is 0 Å². The quantitative estimate of drug-likeness (QED) is 0.691. The monoisotopic (exact) mass is 272 g/mol. The molecule has 1 rings (SSSR count). The van der Waals surface area contributed by atoms with Crippen molar-refractivity contribution in [1.29, 1.82) is 0 Å². The average molecular weight is 272 g/mol. The van der Waals surface area contributed by atoms with Crippen molar-refractivity contribution in [1.82, 2.24) is 10.2 Å². The maximum absolute atomic E-state index is 12.0. The molecule has 0 spiro atoms. The molecule has 5 nitrogen and oxygen atoms in total. The first-order valence-electron chi connectivity index (χ1n) is 7.14. The summed E-state index contributed by atoms with van der Waals surface area (Å²) in [6.45, 7) is 9.84. The molecule has 1 saturated carbocycles. The van der Waals surface area contributed by atoms with E-state index in [9.17, 15) is 9.90 Å². The van der Waals surface area contributed by atoms with E-state index in [2.05, 4.69) is 5.32 Å². The largest absolute Gasteiger partial charge is 0.444 e. The molecular formula is C14H28N2O3. The lowest BCUT2D eigenvalue weighted by atomic mass is 10.2. The molecule has 1 fully saturated rings. The molecule has 0 radical (unpaired) electrons. The van der Waals surface area contributed by atoms with Crippen molar-refractivity contribution in [3.05, 3.63) is 0 Å². The molecular weight excluding hydrogens is 244 g/mol. The van der Waals surface area contributed by atoms with E-state index in [4.69, 9.17) is 4.74 Å². The van der Waals surface area contributed by atoms with Gasteiger partial charge in [-0.25, -0.2) is 4.79 Å². The molecule has 0 aromatic rings. The highest BCUT2D eigenvalue weighted by atomic mass is 16.6. The van der Waals surface area contributed by atoms with Crippen LogP contribution in [0.25, 0.3) is 0 Å². The Kier molecular flexibility index (Phi) is 6.07. The van der Waals surface area contributed by atoms with Crippen LogP contribution in [0.5, 0.6) is 0 Å². The first kappa shape index (κ1) is 16.2. The van der Waals surface area contributed by atoms with Crippen LogP contribution in [0.2, 0.25) is 0 Å². The highest BCUT2D eigenvalue weighted by Crippen LogP contribution is 2.27. The zero-order valence-electron chi connectivity index (χ0n) is 12.6. The van der Waals surface area contributed by atoms with Crippen LogP contribution in [-0.2, 0) is 4.74 Å². The normalized spacial score (nSPS) is 17.1. The summed E-state index contributed by atoms with van der Waals surface area (Å²) >= 11 is 0. The number of carbonyl (C=O) groups excluding carboxylic acids is 1. The Balaban J connectivity index is 2.33. The lowest BCUT2D eigenvalue weighted by Gasteiger charge is -2.28. The highest BCUT2D eigenvalue weighted by molar-refractivity contribution is 5.68. The number of amides is 1. The lowest BCUT2D eigenvalue weighted by Crippen LogP contribution is -2.43. The Morgan fingerprint density at radius 3 is 2.58 bits per heavy atom. The van der Waals surface area contributed by atoms with Gasteiger partial charge in [0, 0.05) is 19.6 Å². The van der Waals surface area contributed by atoms with Crippen molar-refractivity contribution in [2.75, 3.05) is 26.2 Å². The van der Waals surface area contributed by atoms with Gasteiger partial charge in [-0.15, -0.1) is 0 Å². The molecule has 0 aromatic carbocycles. The molecule has 1 aliphatic carbocycles. The molecule has 1 aliphatic rings. The maximum atomic E-state index is 12.0. The van der Waals surface area contributed by atoms with Crippen molar-refractivity contribution < 1.29 is 14.6 Å². The van der Waals surface area contributed by atoms with Gasteiger partial charge in [-0.05, 0) is 53.0 Å². The van der Waals surface area contributed by atoms with E-state index in [1.165, 1.54) is 12.8 Å². The molecule has 0 aromatic heterocycles. The zero-order chi connectivity index (χ0) is 14.5. The second-order valence-corrected chi connectivity index (χ2v) is 6.42. The van der Waals surface area contributed by atoms with Gasteiger partial charge in [0.2, 0.25) is 0 Å². The minimum atomic E-state index is -0.545. The average Bonchev–Trinajstić information content (AvgIpc) is 3.03. The maximum Gasteiger partial charge on any atom is 0.410 e. The van der Waals surface area contributed by atoms with Gasteiger partial charge in [0.05, 0.1) is 6.10 Å². The fourth-order valence-corrected chi connectivity index (χ4v) is 1.74. The van der Waals surface area contributed by atoms with Gasteiger partial charge in [-0.2, -0.15) is 0 Å². The van der Waals surface area contributed by atoms with Crippen LogP contribution in [-0.4, -0.2) is 54.0 Å². The number of carbonyl (C=O) groups is 1. The fraction of sp³-hybridized carbons (Fsp3) is 0.929. The van der Waals surface area contributed by atoms with Crippen molar-refractivity contribution in [2.45, 2.75) is 52.2 Å². The van der Waals surface area contributed by atoms with E-state index in [1.807, 2.05) is 20.8 Å². The summed E-state index contributed by atoms with van der Waals surface area (Å²) < 4.78 is 5.34. The third kappa shape index (κ3) is 8.06. The minimum absolute atomic E-state index is 0.306. The second-order valence-electron chi connectivity index (χ2n) is 6.42. The second kappa shape index (κ2) is 7.10. The molecule has 0 heterocycles. The number of nitrogens with one attached hydrogen (secondary N) is 1. The summed E-state index contributed by atoms with van der Waals surface area (Å²) in [5.41, 5.74) is -0.504. The first-order chi connectivity index (χ1) is 8.78. The Bertz CT molecular complexity index is 283. The van der Waals surface area contributed by atoms with Crippen LogP contribution in [0.4, 0.5) is 4.79 Å². The summed E-state index contributed by atoms with van der Waals surface area (Å²) in [5, 5.41) is 12.8. The van der Waals surface area contributed by atoms with Crippen molar-refractivity contribution >= 4 is 6.09 Å². The number of hydrogen-bond donors (Lipinski definition) is 2. The van der Waals surface area contributed by atoms with E-state index in [-0.39, 0.29) is 6.09 Å². The van der Waals surface area contributed by atoms with Gasteiger partial charge in [0.25, 0.3) is 0 Å². The van der Waals surface area contributed by atoms with Gasteiger partial charge in [-0.3, -0.25) is 0 Å². The third-order valence-electron chi connectivity index (χ3n) is 2.82. The van der Waals surface area contributed by atoms with E-state index in [0.29, 0.717) is 13.1 Å². The molecule has 1 unspecified atom stereocenters. The predicted molar refractivity (Wildman–Crippen MR) is 75.1 cm³/mol.